The van der Waals surface area contributed by atoms with E-state index < -0.39 is 10.0 Å². The second-order valence-electron chi connectivity index (χ2n) is 4.46. The fourth-order valence-corrected chi connectivity index (χ4v) is 4.98. The maximum atomic E-state index is 12.5. The predicted molar refractivity (Wildman–Crippen MR) is 73.9 cm³/mol. The highest BCUT2D eigenvalue weighted by Crippen LogP contribution is 2.26. The van der Waals surface area contributed by atoms with Crippen LogP contribution in [0.4, 0.5) is 0 Å². The number of aliphatic hydroxyl groups is 1. The van der Waals surface area contributed by atoms with Crippen molar-refractivity contribution in [3.63, 3.8) is 0 Å². The van der Waals surface area contributed by atoms with Crippen LogP contribution in [-0.2, 0) is 21.2 Å². The Balaban J connectivity index is 2.16. The maximum Gasteiger partial charge on any atom is 0.252 e. The summed E-state index contributed by atoms with van der Waals surface area (Å²) in [6.07, 6.45) is 1.30. The van der Waals surface area contributed by atoms with E-state index in [1.807, 2.05) is 6.92 Å². The number of thiophene rings is 1. The van der Waals surface area contributed by atoms with E-state index in [0.717, 1.165) is 11.3 Å². The molecule has 1 fully saturated rings. The van der Waals surface area contributed by atoms with Gasteiger partial charge in [0, 0.05) is 31.0 Å². The minimum Gasteiger partial charge on any atom is -0.396 e. The standard InChI is InChI=1S/C12H19NO4S2/c1-2-10-9-13(6-8-17-10)19(15,16)12-4-3-11(18-12)5-7-14/h3-4,10,14H,2,5-9H2,1H3. The molecule has 2 rings (SSSR count). The Morgan fingerprint density at radius 3 is 3.00 bits per heavy atom. The fourth-order valence-electron chi connectivity index (χ4n) is 2.03. The third-order valence-corrected chi connectivity index (χ3v) is 6.62. The van der Waals surface area contributed by atoms with Crippen molar-refractivity contribution in [2.75, 3.05) is 26.3 Å². The summed E-state index contributed by atoms with van der Waals surface area (Å²) in [7, 11) is -3.41. The summed E-state index contributed by atoms with van der Waals surface area (Å²) in [6.45, 7) is 3.31. The van der Waals surface area contributed by atoms with Gasteiger partial charge in [0.15, 0.2) is 0 Å². The number of sulfonamides is 1. The van der Waals surface area contributed by atoms with Gasteiger partial charge in [0.05, 0.1) is 12.7 Å². The number of hydrogen-bond acceptors (Lipinski definition) is 5. The summed E-state index contributed by atoms with van der Waals surface area (Å²) in [5.41, 5.74) is 0. The van der Waals surface area contributed by atoms with Crippen molar-refractivity contribution in [2.45, 2.75) is 30.1 Å². The minimum atomic E-state index is -3.41. The number of nitrogens with zero attached hydrogens (tertiary/aromatic N) is 1. The van der Waals surface area contributed by atoms with E-state index in [9.17, 15) is 8.42 Å². The highest BCUT2D eigenvalue weighted by molar-refractivity contribution is 7.91. The van der Waals surface area contributed by atoms with Crippen LogP contribution < -0.4 is 0 Å². The SMILES string of the molecule is CCC1CN(S(=O)(=O)c2ccc(CCO)s2)CCO1. The molecule has 5 nitrogen and oxygen atoms in total. The molecule has 108 valence electrons. The third-order valence-electron chi connectivity index (χ3n) is 3.15. The molecule has 1 aromatic rings. The van der Waals surface area contributed by atoms with Crippen LogP contribution in [-0.4, -0.2) is 50.2 Å². The van der Waals surface area contributed by atoms with Crippen molar-refractivity contribution >= 4 is 21.4 Å². The number of hydrogen-bond donors (Lipinski definition) is 1. The van der Waals surface area contributed by atoms with E-state index >= 15 is 0 Å². The quantitative estimate of drug-likeness (QED) is 0.884. The average molecular weight is 305 g/mol. The molecule has 2 heterocycles. The van der Waals surface area contributed by atoms with Gasteiger partial charge >= 0.3 is 0 Å². The Kier molecular flexibility index (Phi) is 4.97. The van der Waals surface area contributed by atoms with Gasteiger partial charge in [0.1, 0.15) is 4.21 Å². The topological polar surface area (TPSA) is 66.8 Å². The minimum absolute atomic E-state index is 0.0135. The Bertz CT molecular complexity index is 512. The maximum absolute atomic E-state index is 12.5. The van der Waals surface area contributed by atoms with Crippen LogP contribution in [0.15, 0.2) is 16.3 Å². The smallest absolute Gasteiger partial charge is 0.252 e. The lowest BCUT2D eigenvalue weighted by atomic mass is 10.2. The second-order valence-corrected chi connectivity index (χ2v) is 7.79. The Morgan fingerprint density at radius 2 is 2.32 bits per heavy atom. The zero-order chi connectivity index (χ0) is 13.9. The molecular weight excluding hydrogens is 286 g/mol. The van der Waals surface area contributed by atoms with E-state index in [0.29, 0.717) is 30.3 Å². The lowest BCUT2D eigenvalue weighted by Crippen LogP contribution is -2.45. The third kappa shape index (κ3) is 3.35. The highest BCUT2D eigenvalue weighted by atomic mass is 32.2. The van der Waals surface area contributed by atoms with E-state index in [1.165, 1.54) is 15.6 Å². The van der Waals surface area contributed by atoms with Gasteiger partial charge in [-0.25, -0.2) is 8.42 Å². The molecule has 1 atom stereocenters. The summed E-state index contributed by atoms with van der Waals surface area (Å²) < 4.78 is 32.3. The summed E-state index contributed by atoms with van der Waals surface area (Å²) in [5.74, 6) is 0. The second kappa shape index (κ2) is 6.32. The molecule has 19 heavy (non-hydrogen) atoms. The van der Waals surface area contributed by atoms with E-state index in [-0.39, 0.29) is 12.7 Å². The summed E-state index contributed by atoms with van der Waals surface area (Å²) in [4.78, 5) is 0.890. The number of rotatable bonds is 5. The normalized spacial score (nSPS) is 21.7. The van der Waals surface area contributed by atoms with E-state index in [4.69, 9.17) is 9.84 Å². The van der Waals surface area contributed by atoms with Gasteiger partial charge in [-0.05, 0) is 18.6 Å². The Labute approximate surface area is 117 Å². The first-order chi connectivity index (χ1) is 9.07. The molecule has 0 spiro atoms. The Hall–Kier alpha value is -0.470. The summed E-state index contributed by atoms with van der Waals surface area (Å²) in [6, 6.07) is 3.40. The molecule has 1 aliphatic heterocycles. The molecule has 1 unspecified atom stereocenters. The molecule has 0 radical (unpaired) electrons. The molecule has 1 aliphatic rings. The first-order valence-electron chi connectivity index (χ1n) is 6.39. The first-order valence-corrected chi connectivity index (χ1v) is 8.65. The van der Waals surface area contributed by atoms with Crippen molar-refractivity contribution in [3.05, 3.63) is 17.0 Å². The lowest BCUT2D eigenvalue weighted by Gasteiger charge is -2.31. The number of aliphatic hydroxyl groups excluding tert-OH is 1. The monoisotopic (exact) mass is 305 g/mol. The van der Waals surface area contributed by atoms with Crippen LogP contribution in [0, 0.1) is 0 Å². The van der Waals surface area contributed by atoms with Gasteiger partial charge in [-0.3, -0.25) is 0 Å². The van der Waals surface area contributed by atoms with Gasteiger partial charge in [0.25, 0.3) is 10.0 Å². The predicted octanol–water partition coefficient (Wildman–Crippen LogP) is 1.08. The molecular formula is C12H19NO4S2. The Morgan fingerprint density at radius 1 is 1.53 bits per heavy atom. The van der Waals surface area contributed by atoms with Gasteiger partial charge in [0.2, 0.25) is 0 Å². The van der Waals surface area contributed by atoms with Crippen molar-refractivity contribution in [3.8, 4) is 0 Å². The molecule has 0 amide bonds. The van der Waals surface area contributed by atoms with Gasteiger partial charge in [-0.1, -0.05) is 6.92 Å². The van der Waals surface area contributed by atoms with Crippen molar-refractivity contribution in [1.82, 2.24) is 4.31 Å². The largest absolute Gasteiger partial charge is 0.396 e. The van der Waals surface area contributed by atoms with E-state index in [1.54, 1.807) is 12.1 Å². The average Bonchev–Trinajstić information content (AvgIpc) is 2.88. The van der Waals surface area contributed by atoms with Crippen LogP contribution in [0.1, 0.15) is 18.2 Å². The van der Waals surface area contributed by atoms with Gasteiger partial charge in [-0.2, -0.15) is 4.31 Å². The highest BCUT2D eigenvalue weighted by Gasteiger charge is 2.31. The number of ether oxygens (including phenoxy) is 1. The van der Waals surface area contributed by atoms with Gasteiger partial charge in [-0.15, -0.1) is 11.3 Å². The van der Waals surface area contributed by atoms with E-state index in [2.05, 4.69) is 0 Å². The van der Waals surface area contributed by atoms with Crippen LogP contribution in [0.25, 0.3) is 0 Å². The van der Waals surface area contributed by atoms with Crippen molar-refractivity contribution in [2.24, 2.45) is 0 Å². The van der Waals surface area contributed by atoms with Gasteiger partial charge < -0.3 is 9.84 Å². The van der Waals surface area contributed by atoms with Crippen molar-refractivity contribution < 1.29 is 18.3 Å². The lowest BCUT2D eigenvalue weighted by molar-refractivity contribution is -0.00272. The molecule has 1 aromatic heterocycles. The summed E-state index contributed by atoms with van der Waals surface area (Å²) in [5, 5.41) is 8.88. The molecule has 0 saturated carbocycles. The molecule has 0 aliphatic carbocycles. The van der Waals surface area contributed by atoms with Crippen LogP contribution in [0.2, 0.25) is 0 Å². The molecule has 1 N–H and O–H groups in total. The number of morpholine rings is 1. The molecule has 1 saturated heterocycles. The van der Waals surface area contributed by atoms with Crippen LogP contribution >= 0.6 is 11.3 Å². The molecule has 7 heteroatoms. The summed E-state index contributed by atoms with van der Waals surface area (Å²) >= 11 is 1.24. The molecule has 0 bridgehead atoms. The zero-order valence-electron chi connectivity index (χ0n) is 10.9. The molecule has 0 aromatic carbocycles. The van der Waals surface area contributed by atoms with Crippen molar-refractivity contribution in [1.29, 1.82) is 0 Å². The van der Waals surface area contributed by atoms with Crippen LogP contribution in [0.3, 0.4) is 0 Å². The zero-order valence-corrected chi connectivity index (χ0v) is 12.5. The fraction of sp³-hybridized carbons (Fsp3) is 0.667. The first kappa shape index (κ1) is 14.9. The van der Waals surface area contributed by atoms with Crippen LogP contribution in [0.5, 0.6) is 0 Å².